The van der Waals surface area contributed by atoms with Gasteiger partial charge in [-0.05, 0) is 42.8 Å². The van der Waals surface area contributed by atoms with E-state index >= 15 is 0 Å². The van der Waals surface area contributed by atoms with Gasteiger partial charge >= 0.3 is 0 Å². The first kappa shape index (κ1) is 19.5. The molecule has 0 saturated carbocycles. The number of anilines is 1. The Morgan fingerprint density at radius 2 is 1.82 bits per heavy atom. The highest BCUT2D eigenvalue weighted by molar-refractivity contribution is 7.93. The molecule has 0 saturated heterocycles. The van der Waals surface area contributed by atoms with Gasteiger partial charge in [0, 0.05) is 22.8 Å². The number of nitrogens with zero attached hydrogens (tertiary/aromatic N) is 1. The van der Waals surface area contributed by atoms with Crippen LogP contribution in [0, 0.1) is 0 Å². The number of nitrogens with one attached hydrogen (secondary N) is 2. The van der Waals surface area contributed by atoms with Crippen molar-refractivity contribution in [1.82, 2.24) is 10.3 Å². The maximum absolute atomic E-state index is 12.8. The van der Waals surface area contributed by atoms with Crippen LogP contribution in [0.25, 0.3) is 10.9 Å². The van der Waals surface area contributed by atoms with Crippen molar-refractivity contribution in [2.24, 2.45) is 0 Å². The van der Waals surface area contributed by atoms with Gasteiger partial charge in [-0.3, -0.25) is 14.5 Å². The van der Waals surface area contributed by atoms with Crippen molar-refractivity contribution in [3.8, 4) is 0 Å². The second-order valence-electron chi connectivity index (χ2n) is 6.14. The largest absolute Gasteiger partial charge is 0.343 e. The molecule has 7 nitrogen and oxygen atoms in total. The summed E-state index contributed by atoms with van der Waals surface area (Å²) in [5.41, 5.74) is 1.02. The van der Waals surface area contributed by atoms with Crippen LogP contribution in [0.3, 0.4) is 0 Å². The monoisotopic (exact) mass is 397 g/mol. The van der Waals surface area contributed by atoms with E-state index in [1.807, 2.05) is 0 Å². The summed E-state index contributed by atoms with van der Waals surface area (Å²) in [4.78, 5) is 27.2. The van der Waals surface area contributed by atoms with Crippen LogP contribution >= 0.6 is 0 Å². The molecule has 1 aromatic heterocycles. The minimum Gasteiger partial charge on any atom is -0.343 e. The summed E-state index contributed by atoms with van der Waals surface area (Å²) in [6.07, 6.45) is 2.71. The van der Waals surface area contributed by atoms with Gasteiger partial charge in [-0.15, -0.1) is 0 Å². The van der Waals surface area contributed by atoms with Crippen molar-refractivity contribution in [2.75, 3.05) is 4.72 Å². The zero-order valence-corrected chi connectivity index (χ0v) is 15.9. The Morgan fingerprint density at radius 3 is 2.50 bits per heavy atom. The van der Waals surface area contributed by atoms with Gasteiger partial charge in [0.15, 0.2) is 0 Å². The first-order valence-corrected chi connectivity index (χ1v) is 10.2. The molecule has 2 aromatic carbocycles. The smallest absolute Gasteiger partial charge is 0.264 e. The fourth-order valence-electron chi connectivity index (χ4n) is 2.68. The Labute approximate surface area is 162 Å². The van der Waals surface area contributed by atoms with Gasteiger partial charge in [0.2, 0.25) is 0 Å². The van der Waals surface area contributed by atoms with Crippen molar-refractivity contribution in [3.63, 3.8) is 0 Å². The van der Waals surface area contributed by atoms with Gasteiger partial charge in [-0.1, -0.05) is 25.1 Å². The van der Waals surface area contributed by atoms with Crippen LogP contribution in [-0.4, -0.2) is 31.6 Å². The molecular weight excluding hydrogens is 378 g/mol. The Hall–Kier alpha value is -3.26. The molecule has 0 aliphatic heterocycles. The van der Waals surface area contributed by atoms with E-state index < -0.39 is 22.0 Å². The summed E-state index contributed by atoms with van der Waals surface area (Å²) in [5.74, 6) is -0.397. The van der Waals surface area contributed by atoms with Crippen LogP contribution in [0.5, 0.6) is 0 Å². The standard InChI is InChI=1S/C20H19N3O4S/c1-2-16(13-24)22-20(25)15-8-10-17(11-9-15)23-28(26,27)18-7-3-5-14-6-4-12-21-19(14)18/h3-13,16,23H,2H2,1H3,(H,22,25). The van der Waals surface area contributed by atoms with E-state index in [1.54, 1.807) is 31.2 Å². The lowest BCUT2D eigenvalue weighted by atomic mass is 10.1. The SMILES string of the molecule is CCC(C=O)NC(=O)c1ccc(NS(=O)(=O)c2cccc3cccnc23)cc1. The van der Waals surface area contributed by atoms with Gasteiger partial charge in [-0.2, -0.15) is 0 Å². The number of hydrogen-bond donors (Lipinski definition) is 2. The molecule has 0 radical (unpaired) electrons. The minimum atomic E-state index is -3.86. The molecule has 28 heavy (non-hydrogen) atoms. The maximum Gasteiger partial charge on any atom is 0.264 e. The van der Waals surface area contributed by atoms with Crippen LogP contribution in [0.2, 0.25) is 0 Å². The average Bonchev–Trinajstić information content (AvgIpc) is 2.71. The molecule has 2 N–H and O–H groups in total. The van der Waals surface area contributed by atoms with E-state index in [1.165, 1.54) is 36.5 Å². The molecule has 1 amide bonds. The van der Waals surface area contributed by atoms with Crippen molar-refractivity contribution in [1.29, 1.82) is 0 Å². The highest BCUT2D eigenvalue weighted by Crippen LogP contribution is 2.23. The molecule has 8 heteroatoms. The predicted molar refractivity (Wildman–Crippen MR) is 107 cm³/mol. The van der Waals surface area contributed by atoms with E-state index in [2.05, 4.69) is 15.0 Å². The van der Waals surface area contributed by atoms with Gasteiger partial charge in [0.25, 0.3) is 15.9 Å². The number of benzene rings is 2. The summed E-state index contributed by atoms with van der Waals surface area (Å²) >= 11 is 0. The predicted octanol–water partition coefficient (Wildman–Crippen LogP) is 2.74. The van der Waals surface area contributed by atoms with Crippen LogP contribution in [0.1, 0.15) is 23.7 Å². The molecule has 0 fully saturated rings. The Bertz CT molecular complexity index is 1110. The summed E-state index contributed by atoms with van der Waals surface area (Å²) in [5, 5.41) is 3.31. The summed E-state index contributed by atoms with van der Waals surface area (Å²) < 4.78 is 28.1. The third-order valence-corrected chi connectivity index (χ3v) is 5.62. The lowest BCUT2D eigenvalue weighted by molar-refractivity contribution is -0.109. The highest BCUT2D eigenvalue weighted by atomic mass is 32.2. The molecule has 1 unspecified atom stereocenters. The third-order valence-electron chi connectivity index (χ3n) is 4.21. The maximum atomic E-state index is 12.8. The summed E-state index contributed by atoms with van der Waals surface area (Å²) in [6, 6.07) is 13.9. The number of aldehydes is 1. The van der Waals surface area contributed by atoms with Gasteiger partial charge in [-0.25, -0.2) is 8.42 Å². The topological polar surface area (TPSA) is 105 Å². The first-order valence-electron chi connectivity index (χ1n) is 8.67. The molecule has 3 rings (SSSR count). The first-order chi connectivity index (χ1) is 13.4. The van der Waals surface area contributed by atoms with Crippen molar-refractivity contribution >= 4 is 38.8 Å². The lowest BCUT2D eigenvalue weighted by Crippen LogP contribution is -2.35. The van der Waals surface area contributed by atoms with E-state index in [4.69, 9.17) is 0 Å². The normalized spacial score (nSPS) is 12.3. The number of hydrogen-bond acceptors (Lipinski definition) is 5. The fraction of sp³-hybridized carbons (Fsp3) is 0.150. The zero-order valence-electron chi connectivity index (χ0n) is 15.1. The summed E-state index contributed by atoms with van der Waals surface area (Å²) in [6.45, 7) is 1.79. The number of sulfonamides is 1. The van der Waals surface area contributed by atoms with Crippen LogP contribution < -0.4 is 10.0 Å². The number of para-hydroxylation sites is 1. The fourth-order valence-corrected chi connectivity index (χ4v) is 3.92. The Balaban J connectivity index is 1.81. The van der Waals surface area contributed by atoms with E-state index in [9.17, 15) is 18.0 Å². The minimum absolute atomic E-state index is 0.0733. The number of fused-ring (bicyclic) bond motifs is 1. The highest BCUT2D eigenvalue weighted by Gasteiger charge is 2.18. The molecule has 0 spiro atoms. The van der Waals surface area contributed by atoms with Crippen molar-refractivity contribution < 1.29 is 18.0 Å². The Morgan fingerprint density at radius 1 is 1.11 bits per heavy atom. The Kier molecular flexibility index (Phi) is 5.70. The average molecular weight is 397 g/mol. The number of aromatic nitrogens is 1. The second-order valence-corrected chi connectivity index (χ2v) is 7.79. The molecule has 0 aliphatic rings. The van der Waals surface area contributed by atoms with Gasteiger partial charge < -0.3 is 10.1 Å². The third kappa shape index (κ3) is 4.17. The number of pyridine rings is 1. The number of carbonyl (C=O) groups is 2. The van der Waals surface area contributed by atoms with Gasteiger partial charge in [0.1, 0.15) is 11.2 Å². The quantitative estimate of drug-likeness (QED) is 0.597. The molecule has 1 atom stereocenters. The molecule has 3 aromatic rings. The lowest BCUT2D eigenvalue weighted by Gasteiger charge is -2.12. The van der Waals surface area contributed by atoms with E-state index in [0.29, 0.717) is 29.5 Å². The summed E-state index contributed by atoms with van der Waals surface area (Å²) in [7, 11) is -3.86. The molecule has 144 valence electrons. The number of carbonyl (C=O) groups excluding carboxylic acids is 2. The number of rotatable bonds is 7. The van der Waals surface area contributed by atoms with Crippen molar-refractivity contribution in [2.45, 2.75) is 24.3 Å². The van der Waals surface area contributed by atoms with E-state index in [-0.39, 0.29) is 4.90 Å². The molecule has 1 heterocycles. The zero-order chi connectivity index (χ0) is 20.1. The van der Waals surface area contributed by atoms with Crippen molar-refractivity contribution in [3.05, 3.63) is 66.4 Å². The molecule has 0 aliphatic carbocycles. The molecule has 0 bridgehead atoms. The van der Waals surface area contributed by atoms with Gasteiger partial charge in [0.05, 0.1) is 11.6 Å². The van der Waals surface area contributed by atoms with Crippen LogP contribution in [-0.2, 0) is 14.8 Å². The number of amides is 1. The molecular formula is C20H19N3O4S. The van der Waals surface area contributed by atoms with Crippen LogP contribution in [0.15, 0.2) is 65.7 Å². The van der Waals surface area contributed by atoms with Crippen LogP contribution in [0.4, 0.5) is 5.69 Å². The van der Waals surface area contributed by atoms with E-state index in [0.717, 1.165) is 5.39 Å². The second kappa shape index (κ2) is 8.18.